The van der Waals surface area contributed by atoms with Crippen LogP contribution in [0, 0.1) is 0 Å². The summed E-state index contributed by atoms with van der Waals surface area (Å²) in [6.07, 6.45) is 6.09. The van der Waals surface area contributed by atoms with Crippen molar-refractivity contribution >= 4 is 5.97 Å². The molecule has 0 unspecified atom stereocenters. The van der Waals surface area contributed by atoms with Crippen molar-refractivity contribution in [3.8, 4) is 0 Å². The van der Waals surface area contributed by atoms with Crippen LogP contribution in [0.15, 0.2) is 24.0 Å². The zero-order chi connectivity index (χ0) is 8.69. The van der Waals surface area contributed by atoms with E-state index in [0.717, 1.165) is 6.42 Å². The SMILES string of the molecule is CC(=O)O/C=C/CC=C(C)C. The maximum Gasteiger partial charge on any atom is 0.307 e. The molecule has 0 spiro atoms. The van der Waals surface area contributed by atoms with Gasteiger partial charge in [-0.2, -0.15) is 0 Å². The standard InChI is InChI=1S/C9H14O2/c1-8(2)6-4-5-7-11-9(3)10/h5-7H,4H2,1-3H3/b7-5+. The van der Waals surface area contributed by atoms with E-state index >= 15 is 0 Å². The second-order valence-corrected chi connectivity index (χ2v) is 2.50. The number of rotatable bonds is 3. The van der Waals surface area contributed by atoms with Crippen LogP contribution < -0.4 is 0 Å². The number of allylic oxidation sites excluding steroid dienone is 3. The van der Waals surface area contributed by atoms with Crippen LogP contribution in [0.3, 0.4) is 0 Å². The zero-order valence-electron chi connectivity index (χ0n) is 7.26. The summed E-state index contributed by atoms with van der Waals surface area (Å²) in [5, 5.41) is 0. The number of hydrogen-bond acceptors (Lipinski definition) is 2. The molecule has 2 nitrogen and oxygen atoms in total. The third-order valence-corrected chi connectivity index (χ3v) is 0.992. The summed E-state index contributed by atoms with van der Waals surface area (Å²) in [6, 6.07) is 0. The lowest BCUT2D eigenvalue weighted by Gasteiger charge is -1.89. The molecule has 0 bridgehead atoms. The number of carbonyl (C=O) groups excluding carboxylic acids is 1. The highest BCUT2D eigenvalue weighted by Crippen LogP contribution is 1.93. The van der Waals surface area contributed by atoms with Gasteiger partial charge in [-0.1, -0.05) is 11.6 Å². The van der Waals surface area contributed by atoms with Gasteiger partial charge in [0.2, 0.25) is 0 Å². The molecule has 62 valence electrons. The lowest BCUT2D eigenvalue weighted by Crippen LogP contribution is -1.88. The van der Waals surface area contributed by atoms with E-state index in [9.17, 15) is 4.79 Å². The molecule has 0 amide bonds. The Kier molecular flexibility index (Phi) is 5.17. The van der Waals surface area contributed by atoms with Gasteiger partial charge >= 0.3 is 5.97 Å². The highest BCUT2D eigenvalue weighted by molar-refractivity contribution is 5.66. The second-order valence-electron chi connectivity index (χ2n) is 2.50. The van der Waals surface area contributed by atoms with Crippen LogP contribution in [0.2, 0.25) is 0 Å². The third-order valence-electron chi connectivity index (χ3n) is 0.992. The van der Waals surface area contributed by atoms with Crippen molar-refractivity contribution < 1.29 is 9.53 Å². The number of ether oxygens (including phenoxy) is 1. The van der Waals surface area contributed by atoms with Gasteiger partial charge in [-0.05, 0) is 26.3 Å². The average molecular weight is 154 g/mol. The molecule has 0 rings (SSSR count). The van der Waals surface area contributed by atoms with Crippen molar-refractivity contribution in [1.29, 1.82) is 0 Å². The van der Waals surface area contributed by atoms with Crippen molar-refractivity contribution in [2.24, 2.45) is 0 Å². The van der Waals surface area contributed by atoms with Crippen LogP contribution in [-0.4, -0.2) is 5.97 Å². The first-order valence-electron chi connectivity index (χ1n) is 3.58. The van der Waals surface area contributed by atoms with Gasteiger partial charge in [0.05, 0.1) is 6.26 Å². The Hall–Kier alpha value is -1.05. The molecule has 0 aromatic rings. The lowest BCUT2D eigenvalue weighted by molar-refractivity contribution is -0.135. The van der Waals surface area contributed by atoms with Crippen LogP contribution in [0.1, 0.15) is 27.2 Å². The summed E-state index contributed by atoms with van der Waals surface area (Å²) in [5.74, 6) is -0.279. The van der Waals surface area contributed by atoms with Crippen LogP contribution in [-0.2, 0) is 9.53 Å². The van der Waals surface area contributed by atoms with E-state index in [2.05, 4.69) is 10.8 Å². The van der Waals surface area contributed by atoms with Crippen LogP contribution in [0.4, 0.5) is 0 Å². The van der Waals surface area contributed by atoms with Crippen molar-refractivity contribution in [2.75, 3.05) is 0 Å². The maximum absolute atomic E-state index is 10.3. The van der Waals surface area contributed by atoms with Gasteiger partial charge in [-0.15, -0.1) is 0 Å². The minimum Gasteiger partial charge on any atom is -0.435 e. The average Bonchev–Trinajstić information content (AvgIpc) is 1.85. The molecule has 0 atom stereocenters. The van der Waals surface area contributed by atoms with E-state index in [1.807, 2.05) is 13.8 Å². The van der Waals surface area contributed by atoms with Gasteiger partial charge < -0.3 is 4.74 Å². The monoisotopic (exact) mass is 154 g/mol. The van der Waals surface area contributed by atoms with E-state index in [4.69, 9.17) is 0 Å². The Bertz CT molecular complexity index is 174. The second kappa shape index (κ2) is 5.71. The predicted molar refractivity (Wildman–Crippen MR) is 45.0 cm³/mol. The predicted octanol–water partition coefficient (Wildman–Crippen LogP) is 2.42. The van der Waals surface area contributed by atoms with Crippen molar-refractivity contribution in [3.05, 3.63) is 24.0 Å². The lowest BCUT2D eigenvalue weighted by atomic mass is 10.3. The van der Waals surface area contributed by atoms with Crippen LogP contribution >= 0.6 is 0 Å². The van der Waals surface area contributed by atoms with Gasteiger partial charge in [0.15, 0.2) is 0 Å². The first kappa shape index (κ1) is 9.95. The van der Waals surface area contributed by atoms with Crippen molar-refractivity contribution in [3.63, 3.8) is 0 Å². The number of carbonyl (C=O) groups is 1. The molecule has 0 saturated carbocycles. The third kappa shape index (κ3) is 8.95. The fourth-order valence-electron chi connectivity index (χ4n) is 0.503. The Morgan fingerprint density at radius 3 is 2.45 bits per heavy atom. The van der Waals surface area contributed by atoms with E-state index in [0.29, 0.717) is 0 Å². The van der Waals surface area contributed by atoms with Gasteiger partial charge in [0.1, 0.15) is 0 Å². The molecule has 0 radical (unpaired) electrons. The van der Waals surface area contributed by atoms with Gasteiger partial charge in [-0.3, -0.25) is 4.79 Å². The highest BCUT2D eigenvalue weighted by atomic mass is 16.5. The van der Waals surface area contributed by atoms with E-state index in [1.165, 1.54) is 18.8 Å². The number of esters is 1. The van der Waals surface area contributed by atoms with Crippen molar-refractivity contribution in [1.82, 2.24) is 0 Å². The Balaban J connectivity index is 3.46. The minimum absolute atomic E-state index is 0.279. The molecule has 0 aliphatic carbocycles. The molecule has 0 fully saturated rings. The molecule has 0 aromatic heterocycles. The Morgan fingerprint density at radius 1 is 1.36 bits per heavy atom. The maximum atomic E-state index is 10.3. The zero-order valence-corrected chi connectivity index (χ0v) is 7.26. The molecule has 0 aliphatic rings. The van der Waals surface area contributed by atoms with E-state index in [-0.39, 0.29) is 5.97 Å². The summed E-state index contributed by atoms with van der Waals surface area (Å²) in [6.45, 7) is 5.44. The van der Waals surface area contributed by atoms with E-state index in [1.54, 1.807) is 6.08 Å². The topological polar surface area (TPSA) is 26.3 Å². The summed E-state index contributed by atoms with van der Waals surface area (Å²) < 4.78 is 4.57. The largest absolute Gasteiger partial charge is 0.435 e. The number of hydrogen-bond donors (Lipinski definition) is 0. The molecule has 0 N–H and O–H groups in total. The summed E-state index contributed by atoms with van der Waals surface area (Å²) in [5.41, 5.74) is 1.26. The van der Waals surface area contributed by atoms with Crippen LogP contribution in [0.5, 0.6) is 0 Å². The Morgan fingerprint density at radius 2 is 2.00 bits per heavy atom. The summed E-state index contributed by atoms with van der Waals surface area (Å²) in [7, 11) is 0. The molecular formula is C9H14O2. The van der Waals surface area contributed by atoms with Gasteiger partial charge in [0, 0.05) is 6.92 Å². The first-order valence-corrected chi connectivity index (χ1v) is 3.58. The highest BCUT2D eigenvalue weighted by Gasteiger charge is 1.82. The molecule has 2 heteroatoms. The molecule has 0 heterocycles. The molecular weight excluding hydrogens is 140 g/mol. The van der Waals surface area contributed by atoms with Gasteiger partial charge in [-0.25, -0.2) is 0 Å². The molecule has 11 heavy (non-hydrogen) atoms. The fourth-order valence-corrected chi connectivity index (χ4v) is 0.503. The normalized spacial score (nSPS) is 9.73. The molecule has 0 aliphatic heterocycles. The summed E-state index contributed by atoms with van der Waals surface area (Å²) >= 11 is 0. The fraction of sp³-hybridized carbons (Fsp3) is 0.444. The van der Waals surface area contributed by atoms with Gasteiger partial charge in [0.25, 0.3) is 0 Å². The molecule has 0 saturated heterocycles. The first-order chi connectivity index (χ1) is 5.13. The quantitative estimate of drug-likeness (QED) is 0.354. The molecule has 0 aromatic carbocycles. The van der Waals surface area contributed by atoms with Crippen molar-refractivity contribution in [2.45, 2.75) is 27.2 Å². The van der Waals surface area contributed by atoms with Crippen LogP contribution in [0.25, 0.3) is 0 Å². The smallest absolute Gasteiger partial charge is 0.307 e. The summed E-state index contributed by atoms with van der Waals surface area (Å²) in [4.78, 5) is 10.3. The minimum atomic E-state index is -0.279. The van der Waals surface area contributed by atoms with E-state index < -0.39 is 0 Å². The Labute approximate surface area is 67.6 Å².